The highest BCUT2D eigenvalue weighted by atomic mass is 19.1. The first kappa shape index (κ1) is 14.9. The van der Waals surface area contributed by atoms with Crippen LogP contribution in [-0.4, -0.2) is 9.55 Å². The molecule has 0 fully saturated rings. The number of benzene rings is 2. The maximum Gasteiger partial charge on any atom is 0.266 e. The van der Waals surface area contributed by atoms with E-state index in [0.29, 0.717) is 22.6 Å². The summed E-state index contributed by atoms with van der Waals surface area (Å²) in [7, 11) is 0. The molecule has 0 saturated carbocycles. The molecule has 3 aromatic rings. The van der Waals surface area contributed by atoms with Crippen LogP contribution in [0, 0.1) is 17.1 Å². The lowest BCUT2D eigenvalue weighted by Gasteiger charge is -2.16. The van der Waals surface area contributed by atoms with Gasteiger partial charge in [0.25, 0.3) is 5.56 Å². The van der Waals surface area contributed by atoms with Gasteiger partial charge in [0, 0.05) is 0 Å². The van der Waals surface area contributed by atoms with Gasteiger partial charge in [-0.25, -0.2) is 9.37 Å². The van der Waals surface area contributed by atoms with Crippen LogP contribution in [0.25, 0.3) is 16.6 Å². The molecule has 0 saturated heterocycles. The zero-order valence-electron chi connectivity index (χ0n) is 12.3. The number of halogens is 1. The number of nitrogens with zero attached hydrogens (tertiary/aromatic N) is 3. The summed E-state index contributed by atoms with van der Waals surface area (Å²) in [5, 5.41) is 9.20. The fourth-order valence-electron chi connectivity index (χ4n) is 2.44. The van der Waals surface area contributed by atoms with E-state index in [-0.39, 0.29) is 5.39 Å². The minimum Gasteiger partial charge on any atom is -0.322 e. The Morgan fingerprint density at radius 2 is 2.09 bits per heavy atom. The SMILES string of the molecule is CC(N)c1nc2ccc(F)cc2c(=O)n1-c1cccc(C#N)c1. The summed E-state index contributed by atoms with van der Waals surface area (Å²) >= 11 is 0. The van der Waals surface area contributed by atoms with Crippen molar-refractivity contribution in [3.8, 4) is 11.8 Å². The van der Waals surface area contributed by atoms with E-state index >= 15 is 0 Å². The van der Waals surface area contributed by atoms with E-state index in [9.17, 15) is 9.18 Å². The molecule has 2 aromatic carbocycles. The third kappa shape index (κ3) is 2.58. The van der Waals surface area contributed by atoms with Gasteiger partial charge in [-0.05, 0) is 43.3 Å². The summed E-state index contributed by atoms with van der Waals surface area (Å²) in [5.74, 6) is -0.161. The minimum atomic E-state index is -0.512. The largest absolute Gasteiger partial charge is 0.322 e. The molecule has 5 nitrogen and oxygen atoms in total. The molecule has 0 aliphatic heterocycles. The molecule has 0 aliphatic carbocycles. The lowest BCUT2D eigenvalue weighted by Crippen LogP contribution is -2.27. The average Bonchev–Trinajstić information content (AvgIpc) is 2.55. The maximum absolute atomic E-state index is 13.5. The first-order chi connectivity index (χ1) is 11.0. The molecule has 1 heterocycles. The lowest BCUT2D eigenvalue weighted by molar-refractivity contribution is 0.628. The van der Waals surface area contributed by atoms with Crippen LogP contribution in [0.4, 0.5) is 4.39 Å². The van der Waals surface area contributed by atoms with Crippen molar-refractivity contribution in [1.82, 2.24) is 9.55 Å². The fraction of sp³-hybridized carbons (Fsp3) is 0.118. The lowest BCUT2D eigenvalue weighted by atomic mass is 10.1. The van der Waals surface area contributed by atoms with Crippen LogP contribution in [0.5, 0.6) is 0 Å². The molecule has 0 aliphatic rings. The molecule has 0 bridgehead atoms. The minimum absolute atomic E-state index is 0.164. The van der Waals surface area contributed by atoms with E-state index in [1.807, 2.05) is 6.07 Å². The Bertz CT molecular complexity index is 1000. The predicted molar refractivity (Wildman–Crippen MR) is 84.6 cm³/mol. The smallest absolute Gasteiger partial charge is 0.266 e. The molecule has 3 rings (SSSR count). The van der Waals surface area contributed by atoms with Crippen molar-refractivity contribution in [2.75, 3.05) is 0 Å². The Morgan fingerprint density at radius 1 is 1.30 bits per heavy atom. The number of nitrogens with two attached hydrogens (primary N) is 1. The molecule has 0 amide bonds. The second-order valence-electron chi connectivity index (χ2n) is 5.22. The summed E-state index contributed by atoms with van der Waals surface area (Å²) < 4.78 is 14.8. The van der Waals surface area contributed by atoms with Crippen LogP contribution in [-0.2, 0) is 0 Å². The summed E-state index contributed by atoms with van der Waals surface area (Å²) in [4.78, 5) is 17.2. The second-order valence-corrected chi connectivity index (χ2v) is 5.22. The van der Waals surface area contributed by atoms with E-state index in [4.69, 9.17) is 11.0 Å². The normalized spacial score (nSPS) is 12.1. The molecule has 6 heteroatoms. The van der Waals surface area contributed by atoms with Crippen LogP contribution in [0.2, 0.25) is 0 Å². The van der Waals surface area contributed by atoms with Crippen molar-refractivity contribution in [3.63, 3.8) is 0 Å². The highest BCUT2D eigenvalue weighted by Crippen LogP contribution is 2.18. The van der Waals surface area contributed by atoms with Gasteiger partial charge in [-0.15, -0.1) is 0 Å². The molecular formula is C17H13FN4O. The van der Waals surface area contributed by atoms with Crippen molar-refractivity contribution >= 4 is 10.9 Å². The molecule has 1 atom stereocenters. The van der Waals surface area contributed by atoms with Gasteiger partial charge in [0.1, 0.15) is 11.6 Å². The first-order valence-electron chi connectivity index (χ1n) is 6.99. The summed E-state index contributed by atoms with van der Waals surface area (Å²) in [6, 6.07) is 11.9. The van der Waals surface area contributed by atoms with Gasteiger partial charge in [-0.3, -0.25) is 9.36 Å². The Labute approximate surface area is 131 Å². The first-order valence-corrected chi connectivity index (χ1v) is 6.99. The van der Waals surface area contributed by atoms with Gasteiger partial charge in [0.05, 0.1) is 34.3 Å². The zero-order valence-corrected chi connectivity index (χ0v) is 12.3. The molecule has 0 spiro atoms. The molecule has 1 aromatic heterocycles. The number of nitriles is 1. The number of hydrogen-bond donors (Lipinski definition) is 1. The molecule has 23 heavy (non-hydrogen) atoms. The van der Waals surface area contributed by atoms with Gasteiger partial charge in [0.15, 0.2) is 0 Å². The molecular weight excluding hydrogens is 295 g/mol. The third-order valence-corrected chi connectivity index (χ3v) is 3.50. The van der Waals surface area contributed by atoms with Gasteiger partial charge >= 0.3 is 0 Å². The quantitative estimate of drug-likeness (QED) is 0.788. The highest BCUT2D eigenvalue weighted by Gasteiger charge is 2.16. The van der Waals surface area contributed by atoms with Crippen molar-refractivity contribution in [2.45, 2.75) is 13.0 Å². The standard InChI is InChI=1S/C17H13FN4O/c1-10(20)16-21-15-6-5-12(18)8-14(15)17(23)22(16)13-4-2-3-11(7-13)9-19/h2-8,10H,20H2,1H3. The molecule has 2 N–H and O–H groups in total. The summed E-state index contributed by atoms with van der Waals surface area (Å²) in [6.45, 7) is 1.71. The van der Waals surface area contributed by atoms with Crippen LogP contribution in [0.3, 0.4) is 0 Å². The Kier molecular flexibility index (Phi) is 3.64. The second kappa shape index (κ2) is 5.63. The highest BCUT2D eigenvalue weighted by molar-refractivity contribution is 5.78. The van der Waals surface area contributed by atoms with Crippen molar-refractivity contribution in [1.29, 1.82) is 5.26 Å². The predicted octanol–water partition coefficient (Wildman–Crippen LogP) is 2.42. The number of rotatable bonds is 2. The summed E-state index contributed by atoms with van der Waals surface area (Å²) in [6.07, 6.45) is 0. The Morgan fingerprint density at radius 3 is 2.78 bits per heavy atom. The number of aromatic nitrogens is 2. The van der Waals surface area contributed by atoms with Crippen LogP contribution >= 0.6 is 0 Å². The van der Waals surface area contributed by atoms with E-state index in [2.05, 4.69) is 4.98 Å². The van der Waals surface area contributed by atoms with E-state index in [0.717, 1.165) is 6.07 Å². The average molecular weight is 308 g/mol. The number of hydrogen-bond acceptors (Lipinski definition) is 4. The topological polar surface area (TPSA) is 84.7 Å². The molecule has 1 unspecified atom stereocenters. The number of fused-ring (bicyclic) bond motifs is 1. The van der Waals surface area contributed by atoms with Crippen LogP contribution in [0.15, 0.2) is 47.3 Å². The third-order valence-electron chi connectivity index (χ3n) is 3.50. The van der Waals surface area contributed by atoms with Crippen molar-refractivity contribution in [3.05, 3.63) is 70.0 Å². The summed E-state index contributed by atoms with van der Waals surface area (Å²) in [5.41, 5.74) is 6.80. The van der Waals surface area contributed by atoms with Crippen LogP contribution in [0.1, 0.15) is 24.4 Å². The van der Waals surface area contributed by atoms with E-state index < -0.39 is 17.4 Å². The van der Waals surface area contributed by atoms with E-state index in [1.54, 1.807) is 31.2 Å². The van der Waals surface area contributed by atoms with Gasteiger partial charge in [-0.2, -0.15) is 5.26 Å². The van der Waals surface area contributed by atoms with Gasteiger partial charge in [0.2, 0.25) is 0 Å². The van der Waals surface area contributed by atoms with Crippen molar-refractivity contribution < 1.29 is 4.39 Å². The van der Waals surface area contributed by atoms with Gasteiger partial charge < -0.3 is 5.73 Å². The molecule has 0 radical (unpaired) electrons. The molecule has 114 valence electrons. The zero-order chi connectivity index (χ0) is 16.6. The monoisotopic (exact) mass is 308 g/mol. The van der Waals surface area contributed by atoms with Crippen molar-refractivity contribution in [2.24, 2.45) is 5.73 Å². The van der Waals surface area contributed by atoms with E-state index in [1.165, 1.54) is 16.7 Å². The van der Waals surface area contributed by atoms with Gasteiger partial charge in [-0.1, -0.05) is 6.07 Å². The maximum atomic E-state index is 13.5. The van der Waals surface area contributed by atoms with Crippen LogP contribution < -0.4 is 11.3 Å². The Hall–Kier alpha value is -3.04. The Balaban J connectivity index is 2.42. The fourth-order valence-corrected chi connectivity index (χ4v) is 2.44.